The van der Waals surface area contributed by atoms with Gasteiger partial charge >= 0.3 is 0 Å². The number of hydrogen-bond donors (Lipinski definition) is 1. The molecular formula is C20H26F2N4O2S. The van der Waals surface area contributed by atoms with Crippen LogP contribution in [0.5, 0.6) is 5.75 Å². The first kappa shape index (κ1) is 21.5. The molecule has 158 valence electrons. The van der Waals surface area contributed by atoms with E-state index in [1.807, 2.05) is 11.5 Å². The van der Waals surface area contributed by atoms with Gasteiger partial charge in [-0.25, -0.2) is 8.78 Å². The predicted octanol–water partition coefficient (Wildman–Crippen LogP) is 4.26. The Morgan fingerprint density at radius 2 is 2.07 bits per heavy atom. The SMILES string of the molecule is CCn1c(SCC(=O)NC2CCCCC2)nnc1C(C)Oc1ccc(F)cc1F. The predicted molar refractivity (Wildman–Crippen MR) is 107 cm³/mol. The number of aromatic nitrogens is 3. The summed E-state index contributed by atoms with van der Waals surface area (Å²) < 4.78 is 34.4. The minimum absolute atomic E-state index is 0.00761. The fourth-order valence-electron chi connectivity index (χ4n) is 3.47. The maximum atomic E-state index is 13.9. The fourth-order valence-corrected chi connectivity index (χ4v) is 4.29. The molecule has 1 amide bonds. The first-order chi connectivity index (χ1) is 14.0. The van der Waals surface area contributed by atoms with Crippen LogP contribution in [0.3, 0.4) is 0 Å². The zero-order valence-electron chi connectivity index (χ0n) is 16.7. The van der Waals surface area contributed by atoms with E-state index in [2.05, 4.69) is 15.5 Å². The minimum atomic E-state index is -0.770. The van der Waals surface area contributed by atoms with Crippen molar-refractivity contribution in [1.29, 1.82) is 0 Å². The lowest BCUT2D eigenvalue weighted by atomic mass is 9.95. The molecule has 3 rings (SSSR count). The van der Waals surface area contributed by atoms with Crippen molar-refractivity contribution < 1.29 is 18.3 Å². The summed E-state index contributed by atoms with van der Waals surface area (Å²) in [5.41, 5.74) is 0. The lowest BCUT2D eigenvalue weighted by Crippen LogP contribution is -2.37. The molecule has 6 nitrogen and oxygen atoms in total. The molecule has 1 aliphatic rings. The van der Waals surface area contributed by atoms with E-state index in [1.54, 1.807) is 6.92 Å². The van der Waals surface area contributed by atoms with Crippen LogP contribution < -0.4 is 10.1 Å². The van der Waals surface area contributed by atoms with Crippen LogP contribution in [0, 0.1) is 11.6 Å². The molecule has 1 heterocycles. The summed E-state index contributed by atoms with van der Waals surface area (Å²) in [4.78, 5) is 12.2. The molecule has 0 aliphatic heterocycles. The molecular weight excluding hydrogens is 398 g/mol. The van der Waals surface area contributed by atoms with Gasteiger partial charge in [0.25, 0.3) is 0 Å². The van der Waals surface area contributed by atoms with Crippen molar-refractivity contribution in [1.82, 2.24) is 20.1 Å². The molecule has 1 N–H and O–H groups in total. The molecule has 0 saturated heterocycles. The van der Waals surface area contributed by atoms with E-state index in [0.29, 0.717) is 17.5 Å². The number of carbonyl (C=O) groups is 1. The van der Waals surface area contributed by atoms with Crippen LogP contribution in [0.25, 0.3) is 0 Å². The average Bonchev–Trinajstić information content (AvgIpc) is 3.12. The van der Waals surface area contributed by atoms with Crippen LogP contribution in [0.15, 0.2) is 23.4 Å². The third kappa shape index (κ3) is 5.68. The number of nitrogens with one attached hydrogen (secondary N) is 1. The third-order valence-electron chi connectivity index (χ3n) is 4.93. The van der Waals surface area contributed by atoms with Crippen LogP contribution >= 0.6 is 11.8 Å². The molecule has 29 heavy (non-hydrogen) atoms. The highest BCUT2D eigenvalue weighted by molar-refractivity contribution is 7.99. The second kappa shape index (κ2) is 10.0. The highest BCUT2D eigenvalue weighted by Crippen LogP contribution is 2.27. The highest BCUT2D eigenvalue weighted by atomic mass is 32.2. The summed E-state index contributed by atoms with van der Waals surface area (Å²) in [6.07, 6.45) is 5.07. The Labute approximate surface area is 173 Å². The number of benzene rings is 1. The highest BCUT2D eigenvalue weighted by Gasteiger charge is 2.21. The quantitative estimate of drug-likeness (QED) is 0.642. The largest absolute Gasteiger partial charge is 0.480 e. The van der Waals surface area contributed by atoms with E-state index in [0.717, 1.165) is 37.8 Å². The maximum Gasteiger partial charge on any atom is 0.230 e. The molecule has 0 radical (unpaired) electrons. The molecule has 1 aromatic heterocycles. The normalized spacial score (nSPS) is 15.9. The number of hydrogen-bond acceptors (Lipinski definition) is 5. The lowest BCUT2D eigenvalue weighted by molar-refractivity contribution is -0.119. The molecule has 9 heteroatoms. The first-order valence-corrected chi connectivity index (χ1v) is 10.9. The Morgan fingerprint density at radius 1 is 1.31 bits per heavy atom. The second-order valence-electron chi connectivity index (χ2n) is 7.11. The van der Waals surface area contributed by atoms with Crippen molar-refractivity contribution in [3.05, 3.63) is 35.7 Å². The summed E-state index contributed by atoms with van der Waals surface area (Å²) in [7, 11) is 0. The van der Waals surface area contributed by atoms with E-state index < -0.39 is 17.7 Å². The van der Waals surface area contributed by atoms with Gasteiger partial charge in [-0.1, -0.05) is 31.0 Å². The van der Waals surface area contributed by atoms with Gasteiger partial charge in [-0.2, -0.15) is 0 Å². The molecule has 1 saturated carbocycles. The van der Waals surface area contributed by atoms with Crippen LogP contribution in [0.1, 0.15) is 57.9 Å². The zero-order valence-corrected chi connectivity index (χ0v) is 17.5. The molecule has 1 unspecified atom stereocenters. The Kier molecular flexibility index (Phi) is 7.46. The van der Waals surface area contributed by atoms with Crippen molar-refractivity contribution in [2.45, 2.75) is 69.8 Å². The molecule has 1 atom stereocenters. The van der Waals surface area contributed by atoms with E-state index in [1.165, 1.54) is 24.2 Å². The van der Waals surface area contributed by atoms with Gasteiger partial charge in [0, 0.05) is 18.7 Å². The standard InChI is InChI=1S/C20H26F2N4O2S/c1-3-26-19(13(2)28-17-10-9-14(21)11-16(17)22)24-25-20(26)29-12-18(27)23-15-7-5-4-6-8-15/h9-11,13,15H,3-8,12H2,1-2H3,(H,23,27). The minimum Gasteiger partial charge on any atom is -0.480 e. The van der Waals surface area contributed by atoms with Crippen molar-refractivity contribution in [2.24, 2.45) is 0 Å². The van der Waals surface area contributed by atoms with Gasteiger partial charge in [0.05, 0.1) is 5.75 Å². The number of rotatable bonds is 8. The van der Waals surface area contributed by atoms with Gasteiger partial charge < -0.3 is 14.6 Å². The van der Waals surface area contributed by atoms with E-state index >= 15 is 0 Å². The number of halogens is 2. The Balaban J connectivity index is 1.60. The first-order valence-electron chi connectivity index (χ1n) is 9.95. The van der Waals surface area contributed by atoms with Crippen LogP contribution in [-0.2, 0) is 11.3 Å². The van der Waals surface area contributed by atoms with Crippen molar-refractivity contribution in [2.75, 3.05) is 5.75 Å². The van der Waals surface area contributed by atoms with Gasteiger partial charge in [0.1, 0.15) is 5.82 Å². The monoisotopic (exact) mass is 424 g/mol. The molecule has 1 fully saturated rings. The summed E-state index contributed by atoms with van der Waals surface area (Å²) in [6, 6.07) is 3.44. The van der Waals surface area contributed by atoms with Crippen molar-refractivity contribution in [3.63, 3.8) is 0 Å². The number of amides is 1. The molecule has 0 spiro atoms. The summed E-state index contributed by atoms with van der Waals surface area (Å²) in [5.74, 6) is -0.710. The number of ether oxygens (including phenoxy) is 1. The Morgan fingerprint density at radius 3 is 2.76 bits per heavy atom. The van der Waals surface area contributed by atoms with Crippen LogP contribution in [-0.4, -0.2) is 32.5 Å². The van der Waals surface area contributed by atoms with Crippen LogP contribution in [0.4, 0.5) is 8.78 Å². The van der Waals surface area contributed by atoms with Gasteiger partial charge in [0.2, 0.25) is 5.91 Å². The third-order valence-corrected chi connectivity index (χ3v) is 5.89. The maximum absolute atomic E-state index is 13.9. The van der Waals surface area contributed by atoms with Crippen LogP contribution in [0.2, 0.25) is 0 Å². The summed E-state index contributed by atoms with van der Waals surface area (Å²) >= 11 is 1.32. The molecule has 0 bridgehead atoms. The van der Waals surface area contributed by atoms with Gasteiger partial charge in [0.15, 0.2) is 28.7 Å². The average molecular weight is 425 g/mol. The summed E-state index contributed by atoms with van der Waals surface area (Å²) in [6.45, 7) is 4.24. The van der Waals surface area contributed by atoms with Gasteiger partial charge in [-0.15, -0.1) is 10.2 Å². The molecule has 1 aliphatic carbocycles. The Hall–Kier alpha value is -2.16. The van der Waals surface area contributed by atoms with Gasteiger partial charge in [-0.05, 0) is 38.8 Å². The van der Waals surface area contributed by atoms with E-state index in [-0.39, 0.29) is 23.5 Å². The smallest absolute Gasteiger partial charge is 0.230 e. The molecule has 1 aromatic carbocycles. The van der Waals surface area contributed by atoms with Gasteiger partial charge in [-0.3, -0.25) is 4.79 Å². The lowest BCUT2D eigenvalue weighted by Gasteiger charge is -2.22. The topological polar surface area (TPSA) is 69.0 Å². The van der Waals surface area contributed by atoms with Crippen molar-refractivity contribution in [3.8, 4) is 5.75 Å². The van der Waals surface area contributed by atoms with E-state index in [4.69, 9.17) is 4.74 Å². The number of nitrogens with zero attached hydrogens (tertiary/aromatic N) is 3. The molecule has 2 aromatic rings. The van der Waals surface area contributed by atoms with E-state index in [9.17, 15) is 13.6 Å². The fraction of sp³-hybridized carbons (Fsp3) is 0.550. The number of carbonyl (C=O) groups excluding carboxylic acids is 1. The zero-order chi connectivity index (χ0) is 20.8. The second-order valence-corrected chi connectivity index (χ2v) is 8.05. The number of thioether (sulfide) groups is 1. The van der Waals surface area contributed by atoms with Crippen molar-refractivity contribution >= 4 is 17.7 Å². The Bertz CT molecular complexity index is 840. The summed E-state index contributed by atoms with van der Waals surface area (Å²) in [5, 5.41) is 12.0.